The molecule has 56 valence electrons. The van der Waals surface area contributed by atoms with Crippen molar-refractivity contribution in [2.45, 2.75) is 0 Å². The molecule has 1 aromatic carbocycles. The average Bonchev–Trinajstić information content (AvgIpc) is 2.05. The smallest absolute Gasteiger partial charge is 1.00 e. The second-order valence-electron chi connectivity index (χ2n) is 1.86. The molecule has 0 aliphatic heterocycles. The van der Waals surface area contributed by atoms with Gasteiger partial charge in [-0.15, -0.1) is 0 Å². The van der Waals surface area contributed by atoms with E-state index in [4.69, 9.17) is 0 Å². The van der Waals surface area contributed by atoms with Crippen LogP contribution in [0.2, 0.25) is 0 Å². The maximum atomic E-state index is 10.8. The van der Waals surface area contributed by atoms with Crippen molar-refractivity contribution in [2.24, 2.45) is 0 Å². The van der Waals surface area contributed by atoms with E-state index in [0.717, 1.165) is 0 Å². The third kappa shape index (κ3) is 3.23. The average molecular weight is 178 g/mol. The Balaban J connectivity index is -0.000000333. The zero-order chi connectivity index (χ0) is 7.40. The summed E-state index contributed by atoms with van der Waals surface area (Å²) in [6, 6.07) is 8.88. The van der Waals surface area contributed by atoms with Crippen molar-refractivity contribution in [1.82, 2.24) is 0 Å². The fraction of sp³-hybridized carbons (Fsp3) is 0.125. The summed E-state index contributed by atoms with van der Waals surface area (Å²) >= 11 is 0. The van der Waals surface area contributed by atoms with Crippen LogP contribution < -0.4 is 0 Å². The Hall–Kier alpha value is -0.0503. The summed E-state index contributed by atoms with van der Waals surface area (Å²) in [5, 5.41) is 0. The van der Waals surface area contributed by atoms with Crippen molar-refractivity contribution in [2.75, 3.05) is 7.11 Å². The summed E-state index contributed by atoms with van der Waals surface area (Å²) in [5.74, 6) is -0.291. The maximum Gasteiger partial charge on any atom is 2.00 e. The summed E-state index contributed by atoms with van der Waals surface area (Å²) in [7, 11) is 1.37. The number of hydrogen-bond acceptors (Lipinski definition) is 2. The number of esters is 1. The molecule has 0 fully saturated rings. The zero-order valence-electron chi connectivity index (χ0n) is 8.41. The predicted octanol–water partition coefficient (Wildman–Crippen LogP) is 1.32. The summed E-state index contributed by atoms with van der Waals surface area (Å²) in [4.78, 5) is 10.8. The Morgan fingerprint density at radius 2 is 1.91 bits per heavy atom. The van der Waals surface area contributed by atoms with Crippen LogP contribution in [-0.4, -0.2) is 50.8 Å². The molecule has 3 heteroatoms. The number of ether oxygens (including phenoxy) is 1. The minimum atomic E-state index is -0.291. The minimum Gasteiger partial charge on any atom is -1.00 e. The van der Waals surface area contributed by atoms with E-state index in [-0.39, 0.29) is 46.6 Å². The Labute approximate surface area is 98.5 Å². The van der Waals surface area contributed by atoms with Crippen LogP contribution >= 0.6 is 0 Å². The summed E-state index contributed by atoms with van der Waals surface area (Å²) < 4.78 is 4.50. The first-order valence-electron chi connectivity index (χ1n) is 2.98. The van der Waals surface area contributed by atoms with Gasteiger partial charge in [0.15, 0.2) is 0 Å². The van der Waals surface area contributed by atoms with Crippen LogP contribution in [0.4, 0.5) is 0 Å². The number of hydrogen-bond donors (Lipinski definition) is 0. The van der Waals surface area contributed by atoms with Gasteiger partial charge in [0, 0.05) is 0 Å². The number of carbonyl (C=O) groups excluding carboxylic acids is 1. The first-order valence-corrected chi connectivity index (χ1v) is 2.98. The van der Waals surface area contributed by atoms with E-state index in [1.54, 1.807) is 24.3 Å². The van der Waals surface area contributed by atoms with Gasteiger partial charge in [0.05, 0.1) is 12.7 Å². The monoisotopic (exact) mass is 178 g/mol. The van der Waals surface area contributed by atoms with Crippen LogP contribution in [0.15, 0.2) is 30.3 Å². The van der Waals surface area contributed by atoms with Gasteiger partial charge in [-0.3, -0.25) is 0 Å². The first-order chi connectivity index (χ1) is 4.84. The molecule has 2 nitrogen and oxygen atoms in total. The van der Waals surface area contributed by atoms with Crippen LogP contribution in [0.3, 0.4) is 0 Å². The molecule has 1 aromatic rings. The van der Waals surface area contributed by atoms with E-state index in [1.165, 1.54) is 7.11 Å². The molecule has 0 aromatic heterocycles. The standard InChI is InChI=1S/C8H8O2.Ca.2H/c1-10-8(9)7-5-3-2-4-6-7;;;/h2-6H,1H3;;;/q;+2;2*-1. The SMILES string of the molecule is COC(=O)c1ccccc1.[Ca+2].[H-].[H-]. The van der Waals surface area contributed by atoms with Gasteiger partial charge in [0.25, 0.3) is 0 Å². The molecule has 0 N–H and O–H groups in total. The van der Waals surface area contributed by atoms with E-state index < -0.39 is 0 Å². The quantitative estimate of drug-likeness (QED) is 0.479. The maximum absolute atomic E-state index is 10.8. The Bertz CT molecular complexity index is 229. The van der Waals surface area contributed by atoms with Gasteiger partial charge in [-0.05, 0) is 12.1 Å². The molecular weight excluding hydrogens is 168 g/mol. The Morgan fingerprint density at radius 3 is 2.36 bits per heavy atom. The zero-order valence-corrected chi connectivity index (χ0v) is 8.62. The van der Waals surface area contributed by atoms with Gasteiger partial charge < -0.3 is 7.59 Å². The molecule has 0 bridgehead atoms. The molecule has 0 saturated carbocycles. The van der Waals surface area contributed by atoms with Crippen molar-refractivity contribution in [1.29, 1.82) is 0 Å². The second-order valence-corrected chi connectivity index (χ2v) is 1.86. The third-order valence-corrected chi connectivity index (χ3v) is 1.19. The van der Waals surface area contributed by atoms with Crippen molar-refractivity contribution < 1.29 is 12.4 Å². The van der Waals surface area contributed by atoms with E-state index in [9.17, 15) is 4.79 Å². The van der Waals surface area contributed by atoms with Crippen LogP contribution in [-0.2, 0) is 4.74 Å². The molecule has 0 radical (unpaired) electrons. The topological polar surface area (TPSA) is 26.3 Å². The summed E-state index contributed by atoms with van der Waals surface area (Å²) in [5.41, 5.74) is 0.588. The minimum absolute atomic E-state index is 0. The van der Waals surface area contributed by atoms with Crippen LogP contribution in [0.25, 0.3) is 0 Å². The Kier molecular flexibility index (Phi) is 5.56. The van der Waals surface area contributed by atoms with Gasteiger partial charge in [-0.2, -0.15) is 0 Å². The Morgan fingerprint density at radius 1 is 1.36 bits per heavy atom. The molecule has 0 spiro atoms. The van der Waals surface area contributed by atoms with Crippen LogP contribution in [0.5, 0.6) is 0 Å². The normalized spacial score (nSPS) is 8.09. The van der Waals surface area contributed by atoms with Crippen molar-refractivity contribution in [3.8, 4) is 0 Å². The van der Waals surface area contributed by atoms with Gasteiger partial charge in [0.1, 0.15) is 0 Å². The molecule has 11 heavy (non-hydrogen) atoms. The van der Waals surface area contributed by atoms with E-state index in [2.05, 4.69) is 4.74 Å². The fourth-order valence-corrected chi connectivity index (χ4v) is 0.692. The molecule has 0 heterocycles. The number of rotatable bonds is 1. The predicted molar refractivity (Wildman–Crippen MR) is 45.8 cm³/mol. The molecule has 0 unspecified atom stereocenters. The van der Waals surface area contributed by atoms with Gasteiger partial charge in [-0.25, -0.2) is 4.79 Å². The van der Waals surface area contributed by atoms with Gasteiger partial charge in [-0.1, -0.05) is 18.2 Å². The van der Waals surface area contributed by atoms with Crippen molar-refractivity contribution in [3.05, 3.63) is 35.9 Å². The fourth-order valence-electron chi connectivity index (χ4n) is 0.692. The summed E-state index contributed by atoms with van der Waals surface area (Å²) in [6.45, 7) is 0. The van der Waals surface area contributed by atoms with Crippen LogP contribution in [0.1, 0.15) is 13.2 Å². The van der Waals surface area contributed by atoms with Crippen molar-refractivity contribution >= 4 is 43.7 Å². The number of benzene rings is 1. The first kappa shape index (κ1) is 10.9. The number of methoxy groups -OCH3 is 1. The second kappa shape index (κ2) is 5.58. The molecule has 0 amide bonds. The molecule has 0 atom stereocenters. The molecule has 1 rings (SSSR count). The molecule has 0 saturated heterocycles. The number of carbonyl (C=O) groups is 1. The van der Waals surface area contributed by atoms with Gasteiger partial charge in [0.2, 0.25) is 0 Å². The molecule has 0 aliphatic carbocycles. The van der Waals surface area contributed by atoms with Crippen LogP contribution in [0, 0.1) is 0 Å². The van der Waals surface area contributed by atoms with E-state index >= 15 is 0 Å². The third-order valence-electron chi connectivity index (χ3n) is 1.19. The summed E-state index contributed by atoms with van der Waals surface area (Å²) in [6.07, 6.45) is 0. The molecular formula is C8H10CaO2. The van der Waals surface area contributed by atoms with Gasteiger partial charge >= 0.3 is 43.7 Å². The van der Waals surface area contributed by atoms with E-state index in [1.807, 2.05) is 6.07 Å². The van der Waals surface area contributed by atoms with Crippen molar-refractivity contribution in [3.63, 3.8) is 0 Å². The molecule has 0 aliphatic rings. The van der Waals surface area contributed by atoms with E-state index in [0.29, 0.717) is 5.56 Å². The largest absolute Gasteiger partial charge is 2.00 e.